The van der Waals surface area contributed by atoms with Crippen molar-refractivity contribution in [3.63, 3.8) is 0 Å². The summed E-state index contributed by atoms with van der Waals surface area (Å²) >= 11 is 0. The van der Waals surface area contributed by atoms with Gasteiger partial charge in [0.25, 0.3) is 5.91 Å². The first-order chi connectivity index (χ1) is 12.7. The van der Waals surface area contributed by atoms with Crippen LogP contribution in [-0.4, -0.2) is 21.6 Å². The van der Waals surface area contributed by atoms with Gasteiger partial charge in [-0.1, -0.05) is 24.3 Å². The smallest absolute Gasteiger partial charge is 0.252 e. The average molecular weight is 361 g/mol. The molecular weight excluding hydrogens is 338 g/mol. The number of aromatic nitrogens is 2. The fraction of sp³-hybridized carbons (Fsp3) is 0.286. The lowest BCUT2D eigenvalue weighted by molar-refractivity contribution is 0.100. The molecule has 0 saturated heterocycles. The molecule has 138 valence electrons. The van der Waals surface area contributed by atoms with Crippen molar-refractivity contribution in [1.29, 1.82) is 5.26 Å². The van der Waals surface area contributed by atoms with E-state index in [2.05, 4.69) is 16.5 Å². The minimum atomic E-state index is -0.531. The number of primary amides is 1. The number of amides is 1. The Morgan fingerprint density at radius 1 is 1.26 bits per heavy atom. The van der Waals surface area contributed by atoms with Crippen molar-refractivity contribution in [3.05, 3.63) is 53.9 Å². The fourth-order valence-corrected chi connectivity index (χ4v) is 2.99. The molecule has 0 unspecified atom stereocenters. The van der Waals surface area contributed by atoms with Crippen LogP contribution in [0.1, 0.15) is 43.6 Å². The Kier molecular flexibility index (Phi) is 4.63. The van der Waals surface area contributed by atoms with Gasteiger partial charge in [0, 0.05) is 17.8 Å². The maximum atomic E-state index is 11.8. The van der Waals surface area contributed by atoms with E-state index in [1.807, 2.05) is 64.2 Å². The van der Waals surface area contributed by atoms with Gasteiger partial charge in [-0.25, -0.2) is 4.52 Å². The Labute approximate surface area is 158 Å². The largest absolute Gasteiger partial charge is 0.380 e. The minimum absolute atomic E-state index is 0.139. The normalized spacial score (nSPS) is 11.6. The second kappa shape index (κ2) is 6.76. The van der Waals surface area contributed by atoms with Gasteiger partial charge >= 0.3 is 0 Å². The molecule has 0 spiro atoms. The third-order valence-corrected chi connectivity index (χ3v) is 4.56. The first-order valence-corrected chi connectivity index (χ1v) is 8.83. The van der Waals surface area contributed by atoms with Crippen LogP contribution in [0.2, 0.25) is 0 Å². The van der Waals surface area contributed by atoms with E-state index in [9.17, 15) is 10.1 Å². The number of fused-ring (bicyclic) bond motifs is 1. The van der Waals surface area contributed by atoms with Gasteiger partial charge in [-0.2, -0.15) is 10.4 Å². The molecule has 3 aromatic rings. The highest BCUT2D eigenvalue weighted by Gasteiger charge is 2.20. The van der Waals surface area contributed by atoms with Gasteiger partial charge in [-0.3, -0.25) is 4.79 Å². The van der Waals surface area contributed by atoms with Crippen molar-refractivity contribution in [2.75, 3.05) is 5.32 Å². The molecule has 3 N–H and O–H groups in total. The first-order valence-electron chi connectivity index (χ1n) is 8.83. The van der Waals surface area contributed by atoms with Gasteiger partial charge < -0.3 is 11.1 Å². The van der Waals surface area contributed by atoms with Crippen molar-refractivity contribution >= 4 is 17.1 Å². The van der Waals surface area contributed by atoms with E-state index < -0.39 is 11.3 Å². The summed E-state index contributed by atoms with van der Waals surface area (Å²) in [5, 5.41) is 16.9. The molecule has 0 bridgehead atoms. The molecule has 2 heterocycles. The number of carbonyl (C=O) groups is 1. The van der Waals surface area contributed by atoms with E-state index in [0.29, 0.717) is 11.3 Å². The summed E-state index contributed by atoms with van der Waals surface area (Å²) in [6.45, 7) is 7.80. The molecule has 1 aromatic carbocycles. The van der Waals surface area contributed by atoms with Crippen LogP contribution < -0.4 is 11.1 Å². The molecule has 2 aromatic heterocycles. The van der Waals surface area contributed by atoms with Crippen LogP contribution in [0.5, 0.6) is 0 Å². The van der Waals surface area contributed by atoms with Crippen LogP contribution >= 0.6 is 0 Å². The third kappa shape index (κ3) is 3.49. The van der Waals surface area contributed by atoms with Crippen molar-refractivity contribution < 1.29 is 4.79 Å². The summed E-state index contributed by atoms with van der Waals surface area (Å²) in [7, 11) is 0. The van der Waals surface area contributed by atoms with Crippen LogP contribution in [0.25, 0.3) is 16.6 Å². The Hall–Kier alpha value is -3.33. The molecule has 6 nitrogen and oxygen atoms in total. The van der Waals surface area contributed by atoms with Gasteiger partial charge in [0.05, 0.1) is 34.4 Å². The van der Waals surface area contributed by atoms with Crippen LogP contribution in [-0.2, 0) is 5.41 Å². The number of nitrogens with zero attached hydrogens (tertiary/aromatic N) is 3. The molecule has 0 saturated carbocycles. The SMILES string of the molecule is CC(C)Nc1c(C(N)=O)cnn2cc(-c3ccc(C(C)(C)C#N)cc3)cc12. The Bertz CT molecular complexity index is 1040. The van der Waals surface area contributed by atoms with Gasteiger partial charge in [0.15, 0.2) is 0 Å². The molecule has 0 aliphatic carbocycles. The number of nitrogens with two attached hydrogens (primary N) is 1. The van der Waals surface area contributed by atoms with Crippen molar-refractivity contribution in [3.8, 4) is 17.2 Å². The van der Waals surface area contributed by atoms with Gasteiger partial charge in [-0.15, -0.1) is 0 Å². The van der Waals surface area contributed by atoms with Crippen LogP contribution in [0.15, 0.2) is 42.7 Å². The van der Waals surface area contributed by atoms with E-state index in [0.717, 1.165) is 22.2 Å². The number of anilines is 1. The van der Waals surface area contributed by atoms with Crippen LogP contribution in [0.4, 0.5) is 5.69 Å². The van der Waals surface area contributed by atoms with Crippen LogP contribution in [0.3, 0.4) is 0 Å². The molecule has 0 aliphatic rings. The number of hydrogen-bond donors (Lipinski definition) is 2. The Morgan fingerprint density at radius 2 is 1.93 bits per heavy atom. The Morgan fingerprint density at radius 3 is 2.48 bits per heavy atom. The number of rotatable bonds is 5. The molecule has 3 rings (SSSR count). The second-order valence-electron chi connectivity index (χ2n) is 7.47. The van der Waals surface area contributed by atoms with E-state index in [1.165, 1.54) is 6.20 Å². The maximum Gasteiger partial charge on any atom is 0.252 e. The first kappa shape index (κ1) is 18.5. The highest BCUT2D eigenvalue weighted by Crippen LogP contribution is 2.30. The number of hydrogen-bond acceptors (Lipinski definition) is 4. The number of nitriles is 1. The summed E-state index contributed by atoms with van der Waals surface area (Å²) in [4.78, 5) is 11.8. The predicted octanol–water partition coefficient (Wildman–Crippen LogP) is 3.72. The lowest BCUT2D eigenvalue weighted by Gasteiger charge is -2.15. The summed E-state index contributed by atoms with van der Waals surface area (Å²) < 4.78 is 1.74. The minimum Gasteiger partial charge on any atom is -0.380 e. The molecule has 0 fully saturated rings. The highest BCUT2D eigenvalue weighted by molar-refractivity contribution is 6.02. The van der Waals surface area contributed by atoms with E-state index in [4.69, 9.17) is 5.73 Å². The van der Waals surface area contributed by atoms with Gasteiger partial charge in [-0.05, 0) is 44.9 Å². The zero-order valence-corrected chi connectivity index (χ0v) is 15.9. The number of nitrogens with one attached hydrogen (secondary N) is 1. The summed E-state index contributed by atoms with van der Waals surface area (Å²) in [6, 6.07) is 12.4. The lowest BCUT2D eigenvalue weighted by atomic mass is 9.86. The summed E-state index contributed by atoms with van der Waals surface area (Å²) in [6.07, 6.45) is 3.40. The van der Waals surface area contributed by atoms with Crippen molar-refractivity contribution in [2.45, 2.75) is 39.2 Å². The predicted molar refractivity (Wildman–Crippen MR) is 107 cm³/mol. The molecular formula is C21H23N5O. The third-order valence-electron chi connectivity index (χ3n) is 4.56. The lowest BCUT2D eigenvalue weighted by Crippen LogP contribution is -2.19. The zero-order valence-electron chi connectivity index (χ0n) is 15.9. The number of carbonyl (C=O) groups excluding carboxylic acids is 1. The molecule has 0 radical (unpaired) electrons. The summed E-state index contributed by atoms with van der Waals surface area (Å²) in [5.41, 5.74) is 9.77. The standard InChI is InChI=1S/C21H23N5O/c1-13(2)25-19-17(20(23)27)10-24-26-11-15(9-18(19)26)14-5-7-16(8-6-14)21(3,4)12-22/h5-11,13,25H,1-4H3,(H2,23,27). The number of benzene rings is 1. The van der Waals surface area contributed by atoms with Crippen molar-refractivity contribution in [2.24, 2.45) is 5.73 Å². The van der Waals surface area contributed by atoms with Gasteiger partial charge in [0.2, 0.25) is 0 Å². The quantitative estimate of drug-likeness (QED) is 0.724. The van der Waals surface area contributed by atoms with E-state index >= 15 is 0 Å². The van der Waals surface area contributed by atoms with E-state index in [1.54, 1.807) is 4.52 Å². The maximum absolute atomic E-state index is 11.8. The molecule has 1 amide bonds. The van der Waals surface area contributed by atoms with Crippen molar-refractivity contribution in [1.82, 2.24) is 9.61 Å². The zero-order chi connectivity index (χ0) is 19.8. The highest BCUT2D eigenvalue weighted by atomic mass is 16.1. The molecule has 27 heavy (non-hydrogen) atoms. The topological polar surface area (TPSA) is 96.2 Å². The average Bonchev–Trinajstić information content (AvgIpc) is 3.06. The monoisotopic (exact) mass is 361 g/mol. The van der Waals surface area contributed by atoms with E-state index in [-0.39, 0.29) is 6.04 Å². The van der Waals surface area contributed by atoms with Crippen LogP contribution in [0, 0.1) is 11.3 Å². The second-order valence-corrected chi connectivity index (χ2v) is 7.47. The Balaban J connectivity index is 2.09. The fourth-order valence-electron chi connectivity index (χ4n) is 2.99. The molecule has 0 atom stereocenters. The molecule has 0 aliphatic heterocycles. The molecule has 6 heteroatoms. The van der Waals surface area contributed by atoms with Gasteiger partial charge in [0.1, 0.15) is 0 Å². The summed E-state index contributed by atoms with van der Waals surface area (Å²) in [5.74, 6) is -0.515.